The highest BCUT2D eigenvalue weighted by molar-refractivity contribution is 7.89. The van der Waals surface area contributed by atoms with Gasteiger partial charge in [0.05, 0.1) is 11.5 Å². The Balaban J connectivity index is 1.48. The molecule has 0 heterocycles. The van der Waals surface area contributed by atoms with Crippen molar-refractivity contribution < 1.29 is 27.5 Å². The molecule has 2 aromatic carbocycles. The predicted molar refractivity (Wildman–Crippen MR) is 117 cm³/mol. The van der Waals surface area contributed by atoms with E-state index in [1.165, 1.54) is 31.2 Å². The zero-order valence-electron chi connectivity index (χ0n) is 17.6. The number of esters is 1. The van der Waals surface area contributed by atoms with Gasteiger partial charge < -0.3 is 15.4 Å². The minimum Gasteiger partial charge on any atom is -0.464 e. The number of carbonyl (C=O) groups is 3. The number of carbonyl (C=O) groups excluding carboxylic acids is 3. The van der Waals surface area contributed by atoms with Gasteiger partial charge >= 0.3 is 5.97 Å². The first-order chi connectivity index (χ1) is 15.2. The van der Waals surface area contributed by atoms with Crippen LogP contribution in [0.1, 0.15) is 35.7 Å². The normalized spacial score (nSPS) is 13.3. The van der Waals surface area contributed by atoms with Crippen molar-refractivity contribution in [3.63, 3.8) is 0 Å². The fourth-order valence-electron chi connectivity index (χ4n) is 2.76. The second kappa shape index (κ2) is 10.4. The molecule has 3 N–H and O–H groups in total. The van der Waals surface area contributed by atoms with E-state index in [0.29, 0.717) is 29.3 Å². The van der Waals surface area contributed by atoms with Gasteiger partial charge in [0.2, 0.25) is 15.9 Å². The summed E-state index contributed by atoms with van der Waals surface area (Å²) in [7, 11) is -3.75. The topological polar surface area (TPSA) is 131 Å². The average Bonchev–Trinajstić information content (AvgIpc) is 3.59. The molecule has 0 unspecified atom stereocenters. The number of hydrogen-bond acceptors (Lipinski definition) is 6. The van der Waals surface area contributed by atoms with Crippen molar-refractivity contribution in [1.29, 1.82) is 0 Å². The van der Waals surface area contributed by atoms with Crippen LogP contribution in [0.25, 0.3) is 0 Å². The summed E-state index contributed by atoms with van der Waals surface area (Å²) in [5, 5.41) is 5.08. The van der Waals surface area contributed by atoms with Crippen molar-refractivity contribution >= 4 is 33.5 Å². The number of anilines is 1. The minimum absolute atomic E-state index is 0.0329. The summed E-state index contributed by atoms with van der Waals surface area (Å²) in [4.78, 5) is 34.9. The molecule has 9 nitrogen and oxygen atoms in total. The molecule has 0 radical (unpaired) electrons. The van der Waals surface area contributed by atoms with Crippen LogP contribution in [0.2, 0.25) is 0 Å². The Morgan fingerprint density at radius 3 is 2.25 bits per heavy atom. The Hall–Kier alpha value is -3.24. The summed E-state index contributed by atoms with van der Waals surface area (Å²) in [6.45, 7) is 1.60. The molecule has 170 valence electrons. The Morgan fingerprint density at radius 1 is 1.00 bits per heavy atom. The standard InChI is InChI=1S/C22H25N3O6S/c1-15(26)25-19-8-10-20(11-9-19)32(29,30)24-12-16-4-6-18(7-5-16)22(28)23-13-21(27)31-14-17-2-3-17/h4-11,17,24H,2-3,12-14H2,1H3,(H,23,28)(H,25,26). The molecular weight excluding hydrogens is 434 g/mol. The molecule has 0 spiro atoms. The minimum atomic E-state index is -3.75. The molecule has 1 aliphatic rings. The lowest BCUT2D eigenvalue weighted by atomic mass is 10.1. The Bertz CT molecular complexity index is 1080. The van der Waals surface area contributed by atoms with Gasteiger partial charge in [0, 0.05) is 24.7 Å². The maximum atomic E-state index is 12.5. The Labute approximate surface area is 186 Å². The lowest BCUT2D eigenvalue weighted by Gasteiger charge is -2.09. The van der Waals surface area contributed by atoms with Gasteiger partial charge in [0.15, 0.2) is 0 Å². The molecule has 10 heteroatoms. The molecule has 0 bridgehead atoms. The predicted octanol–water partition coefficient (Wildman–Crippen LogP) is 1.81. The summed E-state index contributed by atoms with van der Waals surface area (Å²) in [6, 6.07) is 12.2. The average molecular weight is 460 g/mol. The van der Waals surface area contributed by atoms with Crippen LogP contribution in [-0.2, 0) is 30.9 Å². The van der Waals surface area contributed by atoms with Crippen molar-refractivity contribution in [2.24, 2.45) is 5.92 Å². The monoisotopic (exact) mass is 459 g/mol. The van der Waals surface area contributed by atoms with Crippen LogP contribution in [-0.4, -0.2) is 39.4 Å². The lowest BCUT2D eigenvalue weighted by molar-refractivity contribution is -0.142. The lowest BCUT2D eigenvalue weighted by Crippen LogP contribution is -2.31. The van der Waals surface area contributed by atoms with Gasteiger partial charge in [-0.2, -0.15) is 0 Å². The van der Waals surface area contributed by atoms with E-state index in [1.54, 1.807) is 24.3 Å². The molecule has 2 amide bonds. The third-order valence-corrected chi connectivity index (χ3v) is 6.15. The Morgan fingerprint density at radius 2 is 1.66 bits per heavy atom. The van der Waals surface area contributed by atoms with Crippen molar-refractivity contribution in [2.45, 2.75) is 31.2 Å². The molecule has 2 aromatic rings. The zero-order chi connectivity index (χ0) is 23.1. The zero-order valence-corrected chi connectivity index (χ0v) is 18.4. The first-order valence-corrected chi connectivity index (χ1v) is 11.6. The van der Waals surface area contributed by atoms with Crippen molar-refractivity contribution in [2.75, 3.05) is 18.5 Å². The van der Waals surface area contributed by atoms with Gasteiger partial charge in [0.1, 0.15) is 6.54 Å². The van der Waals surface area contributed by atoms with Crippen LogP contribution in [0, 0.1) is 5.92 Å². The number of sulfonamides is 1. The maximum Gasteiger partial charge on any atom is 0.325 e. The van der Waals surface area contributed by atoms with Gasteiger partial charge in [-0.3, -0.25) is 14.4 Å². The van der Waals surface area contributed by atoms with Crippen LogP contribution in [0.4, 0.5) is 5.69 Å². The molecule has 1 aliphatic carbocycles. The second-order valence-electron chi connectivity index (χ2n) is 7.54. The quantitative estimate of drug-likeness (QED) is 0.465. The van der Waals surface area contributed by atoms with E-state index < -0.39 is 21.9 Å². The van der Waals surface area contributed by atoms with Gasteiger partial charge in [-0.25, -0.2) is 13.1 Å². The van der Waals surface area contributed by atoms with E-state index in [1.807, 2.05) is 0 Å². The summed E-state index contributed by atoms with van der Waals surface area (Å²) < 4.78 is 32.5. The molecule has 3 rings (SSSR count). The van der Waals surface area contributed by atoms with E-state index >= 15 is 0 Å². The molecule has 32 heavy (non-hydrogen) atoms. The van der Waals surface area contributed by atoms with Crippen LogP contribution < -0.4 is 15.4 Å². The van der Waals surface area contributed by atoms with Crippen LogP contribution >= 0.6 is 0 Å². The van der Waals surface area contributed by atoms with Crippen molar-refractivity contribution in [3.05, 3.63) is 59.7 Å². The number of nitrogens with one attached hydrogen (secondary N) is 3. The first-order valence-electron chi connectivity index (χ1n) is 10.1. The molecular formula is C22H25N3O6S. The highest BCUT2D eigenvalue weighted by Crippen LogP contribution is 2.28. The van der Waals surface area contributed by atoms with Gasteiger partial charge in [-0.15, -0.1) is 0 Å². The van der Waals surface area contributed by atoms with Gasteiger partial charge in [-0.1, -0.05) is 12.1 Å². The molecule has 0 aromatic heterocycles. The largest absolute Gasteiger partial charge is 0.464 e. The number of hydrogen-bond donors (Lipinski definition) is 3. The second-order valence-corrected chi connectivity index (χ2v) is 9.30. The van der Waals surface area contributed by atoms with Gasteiger partial charge in [0.25, 0.3) is 5.91 Å². The number of rotatable bonds is 10. The SMILES string of the molecule is CC(=O)Nc1ccc(S(=O)(=O)NCc2ccc(C(=O)NCC(=O)OCC3CC3)cc2)cc1. The fraction of sp³-hybridized carbons (Fsp3) is 0.318. The molecule has 1 saturated carbocycles. The molecule has 0 saturated heterocycles. The summed E-state index contributed by atoms with van der Waals surface area (Å²) in [5.74, 6) is -0.673. The van der Waals surface area contributed by atoms with Crippen LogP contribution in [0.15, 0.2) is 53.4 Å². The van der Waals surface area contributed by atoms with Gasteiger partial charge in [-0.05, 0) is 60.7 Å². The first kappa shape index (κ1) is 23.4. The molecule has 1 fully saturated rings. The number of amides is 2. The highest BCUT2D eigenvalue weighted by Gasteiger charge is 2.23. The van der Waals surface area contributed by atoms with E-state index in [-0.39, 0.29) is 23.9 Å². The fourth-order valence-corrected chi connectivity index (χ4v) is 3.77. The summed E-state index contributed by atoms with van der Waals surface area (Å²) in [5.41, 5.74) is 1.51. The molecule has 0 aliphatic heterocycles. The van der Waals surface area contributed by atoms with Crippen molar-refractivity contribution in [1.82, 2.24) is 10.0 Å². The van der Waals surface area contributed by atoms with Crippen molar-refractivity contribution in [3.8, 4) is 0 Å². The van der Waals surface area contributed by atoms with Crippen LogP contribution in [0.5, 0.6) is 0 Å². The number of benzene rings is 2. The summed E-state index contributed by atoms with van der Waals surface area (Å²) >= 11 is 0. The third kappa shape index (κ3) is 7.17. The Kier molecular flexibility index (Phi) is 7.60. The maximum absolute atomic E-state index is 12.5. The summed E-state index contributed by atoms with van der Waals surface area (Å²) in [6.07, 6.45) is 2.15. The van der Waals surface area contributed by atoms with E-state index in [9.17, 15) is 22.8 Å². The third-order valence-electron chi connectivity index (χ3n) is 4.74. The molecule has 0 atom stereocenters. The van der Waals surface area contributed by atoms with E-state index in [4.69, 9.17) is 4.74 Å². The highest BCUT2D eigenvalue weighted by atomic mass is 32.2. The number of ether oxygens (including phenoxy) is 1. The van der Waals surface area contributed by atoms with E-state index in [2.05, 4.69) is 15.4 Å². The van der Waals surface area contributed by atoms with E-state index in [0.717, 1.165) is 12.8 Å². The smallest absolute Gasteiger partial charge is 0.325 e. The van der Waals surface area contributed by atoms with Crippen LogP contribution in [0.3, 0.4) is 0 Å².